The molecule has 0 saturated heterocycles. The summed E-state index contributed by atoms with van der Waals surface area (Å²) in [6, 6.07) is 5.30. The molecule has 0 saturated carbocycles. The number of nitrogens with two attached hydrogens (primary N) is 1. The SMILES string of the molecule is CN(C)CCSc1cccc(C(N)=O)n1. The molecule has 0 fully saturated rings. The maximum atomic E-state index is 10.9. The molecule has 0 aliphatic heterocycles. The second kappa shape index (κ2) is 5.72. The second-order valence-corrected chi connectivity index (χ2v) is 4.49. The lowest BCUT2D eigenvalue weighted by atomic mass is 10.3. The summed E-state index contributed by atoms with van der Waals surface area (Å²) in [7, 11) is 4.04. The molecule has 1 amide bonds. The normalized spacial score (nSPS) is 10.6. The van der Waals surface area contributed by atoms with Gasteiger partial charge in [-0.2, -0.15) is 0 Å². The highest BCUT2D eigenvalue weighted by molar-refractivity contribution is 7.99. The number of hydrogen-bond donors (Lipinski definition) is 1. The molecule has 4 nitrogen and oxygen atoms in total. The Hall–Kier alpha value is -1.07. The highest BCUT2D eigenvalue weighted by Crippen LogP contribution is 2.14. The molecule has 5 heteroatoms. The minimum atomic E-state index is -0.481. The van der Waals surface area contributed by atoms with Crippen molar-refractivity contribution in [3.05, 3.63) is 23.9 Å². The summed E-state index contributed by atoms with van der Waals surface area (Å²) in [5.74, 6) is 0.465. The number of hydrogen-bond acceptors (Lipinski definition) is 4. The van der Waals surface area contributed by atoms with Crippen LogP contribution in [0.1, 0.15) is 10.5 Å². The molecule has 0 spiro atoms. The van der Waals surface area contributed by atoms with E-state index in [1.807, 2.05) is 20.2 Å². The summed E-state index contributed by atoms with van der Waals surface area (Å²) in [5, 5.41) is 0.841. The van der Waals surface area contributed by atoms with Crippen LogP contribution >= 0.6 is 11.8 Å². The Kier molecular flexibility index (Phi) is 4.58. The lowest BCUT2D eigenvalue weighted by Crippen LogP contribution is -2.15. The van der Waals surface area contributed by atoms with Crippen LogP contribution in [-0.2, 0) is 0 Å². The topological polar surface area (TPSA) is 59.2 Å². The predicted molar refractivity (Wildman–Crippen MR) is 62.0 cm³/mol. The third-order valence-electron chi connectivity index (χ3n) is 1.76. The fraction of sp³-hybridized carbons (Fsp3) is 0.400. The summed E-state index contributed by atoms with van der Waals surface area (Å²) in [4.78, 5) is 17.1. The molecule has 0 aromatic carbocycles. The average Bonchev–Trinajstić information content (AvgIpc) is 2.17. The Morgan fingerprint density at radius 3 is 2.87 bits per heavy atom. The van der Waals surface area contributed by atoms with E-state index < -0.39 is 5.91 Å². The average molecular weight is 225 g/mol. The molecule has 1 heterocycles. The summed E-state index contributed by atoms with van der Waals surface area (Å²) >= 11 is 1.62. The van der Waals surface area contributed by atoms with Gasteiger partial charge in [0.2, 0.25) is 0 Å². The van der Waals surface area contributed by atoms with Crippen molar-refractivity contribution < 1.29 is 4.79 Å². The number of pyridine rings is 1. The van der Waals surface area contributed by atoms with Gasteiger partial charge >= 0.3 is 0 Å². The van der Waals surface area contributed by atoms with Crippen LogP contribution in [0.15, 0.2) is 23.2 Å². The van der Waals surface area contributed by atoms with E-state index in [1.54, 1.807) is 23.9 Å². The first-order valence-corrected chi connectivity index (χ1v) is 5.62. The van der Waals surface area contributed by atoms with E-state index in [9.17, 15) is 4.79 Å². The molecule has 1 aromatic rings. The van der Waals surface area contributed by atoms with Gasteiger partial charge in [0.15, 0.2) is 0 Å². The maximum Gasteiger partial charge on any atom is 0.267 e. The van der Waals surface area contributed by atoms with Gasteiger partial charge in [-0.3, -0.25) is 4.79 Å². The van der Waals surface area contributed by atoms with E-state index in [1.165, 1.54) is 0 Å². The molecule has 1 rings (SSSR count). The van der Waals surface area contributed by atoms with Crippen LogP contribution in [0.4, 0.5) is 0 Å². The number of nitrogens with zero attached hydrogens (tertiary/aromatic N) is 2. The van der Waals surface area contributed by atoms with Gasteiger partial charge in [-0.05, 0) is 26.2 Å². The van der Waals surface area contributed by atoms with Crippen LogP contribution in [-0.4, -0.2) is 42.2 Å². The Morgan fingerprint density at radius 1 is 1.53 bits per heavy atom. The molecule has 2 N–H and O–H groups in total. The Morgan fingerprint density at radius 2 is 2.27 bits per heavy atom. The molecular weight excluding hydrogens is 210 g/mol. The van der Waals surface area contributed by atoms with Crippen molar-refractivity contribution in [3.8, 4) is 0 Å². The van der Waals surface area contributed by atoms with Gasteiger partial charge in [0.05, 0.1) is 5.03 Å². The largest absolute Gasteiger partial charge is 0.364 e. The second-order valence-electron chi connectivity index (χ2n) is 3.38. The number of carbonyl (C=O) groups is 1. The van der Waals surface area contributed by atoms with Crippen molar-refractivity contribution in [1.29, 1.82) is 0 Å². The standard InChI is InChI=1S/C10H15N3OS/c1-13(2)6-7-15-9-5-3-4-8(12-9)10(11)14/h3-5H,6-7H2,1-2H3,(H2,11,14). The summed E-state index contributed by atoms with van der Waals surface area (Å²) in [6.07, 6.45) is 0. The summed E-state index contributed by atoms with van der Waals surface area (Å²) in [5.41, 5.74) is 5.46. The number of primary amides is 1. The molecule has 0 atom stereocenters. The highest BCUT2D eigenvalue weighted by atomic mass is 32.2. The zero-order chi connectivity index (χ0) is 11.3. The number of thioether (sulfide) groups is 1. The van der Waals surface area contributed by atoms with Gasteiger partial charge in [0, 0.05) is 12.3 Å². The minimum Gasteiger partial charge on any atom is -0.364 e. The number of amides is 1. The summed E-state index contributed by atoms with van der Waals surface area (Å²) in [6.45, 7) is 0.979. The van der Waals surface area contributed by atoms with Crippen molar-refractivity contribution >= 4 is 17.7 Å². The van der Waals surface area contributed by atoms with Crippen molar-refractivity contribution in [1.82, 2.24) is 9.88 Å². The fourth-order valence-electron chi connectivity index (χ4n) is 0.965. The first-order chi connectivity index (χ1) is 7.09. The molecule has 1 aromatic heterocycles. The zero-order valence-corrected chi connectivity index (χ0v) is 9.75. The number of aromatic nitrogens is 1. The molecule has 0 bridgehead atoms. The van der Waals surface area contributed by atoms with Crippen LogP contribution in [0.5, 0.6) is 0 Å². The predicted octanol–water partition coefficient (Wildman–Crippen LogP) is 0.834. The van der Waals surface area contributed by atoms with Crippen molar-refractivity contribution in [3.63, 3.8) is 0 Å². The van der Waals surface area contributed by atoms with E-state index >= 15 is 0 Å². The minimum absolute atomic E-state index is 0.324. The maximum absolute atomic E-state index is 10.9. The van der Waals surface area contributed by atoms with E-state index in [2.05, 4.69) is 9.88 Å². The van der Waals surface area contributed by atoms with Gasteiger partial charge in [-0.15, -0.1) is 11.8 Å². The van der Waals surface area contributed by atoms with Gasteiger partial charge < -0.3 is 10.6 Å². The van der Waals surface area contributed by atoms with Crippen LogP contribution in [0.3, 0.4) is 0 Å². The van der Waals surface area contributed by atoms with Gasteiger partial charge in [0.1, 0.15) is 5.69 Å². The van der Waals surface area contributed by atoms with E-state index in [0.717, 1.165) is 17.3 Å². The van der Waals surface area contributed by atoms with E-state index in [-0.39, 0.29) is 0 Å². The molecule has 15 heavy (non-hydrogen) atoms. The van der Waals surface area contributed by atoms with E-state index in [4.69, 9.17) is 5.73 Å². The quantitative estimate of drug-likeness (QED) is 0.754. The Balaban J connectivity index is 2.54. The molecule has 82 valence electrons. The highest BCUT2D eigenvalue weighted by Gasteiger charge is 2.03. The van der Waals surface area contributed by atoms with Crippen molar-refractivity contribution in [2.75, 3.05) is 26.4 Å². The van der Waals surface area contributed by atoms with Crippen molar-refractivity contribution in [2.45, 2.75) is 5.03 Å². The first-order valence-electron chi connectivity index (χ1n) is 4.64. The van der Waals surface area contributed by atoms with E-state index in [0.29, 0.717) is 5.69 Å². The van der Waals surface area contributed by atoms with Crippen LogP contribution in [0.2, 0.25) is 0 Å². The van der Waals surface area contributed by atoms with Crippen LogP contribution < -0.4 is 5.73 Å². The number of carbonyl (C=O) groups excluding carboxylic acids is 1. The molecule has 0 unspecified atom stereocenters. The van der Waals surface area contributed by atoms with Crippen molar-refractivity contribution in [2.24, 2.45) is 5.73 Å². The molecule has 0 aliphatic rings. The van der Waals surface area contributed by atoms with Gasteiger partial charge in [-0.25, -0.2) is 4.98 Å². The number of rotatable bonds is 5. The fourth-order valence-corrected chi connectivity index (χ4v) is 1.97. The summed E-state index contributed by atoms with van der Waals surface area (Å²) < 4.78 is 0. The van der Waals surface area contributed by atoms with Crippen LogP contribution in [0, 0.1) is 0 Å². The zero-order valence-electron chi connectivity index (χ0n) is 8.93. The third kappa shape index (κ3) is 4.31. The lowest BCUT2D eigenvalue weighted by Gasteiger charge is -2.08. The van der Waals surface area contributed by atoms with Crippen LogP contribution in [0.25, 0.3) is 0 Å². The smallest absolute Gasteiger partial charge is 0.267 e. The third-order valence-corrected chi connectivity index (χ3v) is 2.67. The first kappa shape index (κ1) is 12.0. The monoisotopic (exact) mass is 225 g/mol. The van der Waals surface area contributed by atoms with Gasteiger partial charge in [0.25, 0.3) is 5.91 Å². The van der Waals surface area contributed by atoms with Gasteiger partial charge in [-0.1, -0.05) is 6.07 Å². The molecule has 0 aliphatic carbocycles. The molecular formula is C10H15N3OS. The Bertz CT molecular complexity index is 341. The Labute approximate surface area is 93.9 Å². The lowest BCUT2D eigenvalue weighted by molar-refractivity contribution is 0.0995. The molecule has 0 radical (unpaired) electrons.